The maximum atomic E-state index is 13.5. The number of halogens is 1. The van der Waals surface area contributed by atoms with E-state index >= 15 is 0 Å². The standard InChI is InChI=1S/C11H12FN5/c1-6-3-4-14-5-8(6)10-15-7(2)9(12)11(16-10)17-13/h3-5H,13H2,1-2H3,(H,15,16,17). The maximum absolute atomic E-state index is 13.5. The molecular weight excluding hydrogens is 221 g/mol. The molecule has 0 aliphatic carbocycles. The molecule has 0 amide bonds. The summed E-state index contributed by atoms with van der Waals surface area (Å²) in [6, 6.07) is 1.84. The Hall–Kier alpha value is -2.08. The van der Waals surface area contributed by atoms with Crippen LogP contribution in [0.3, 0.4) is 0 Å². The first kappa shape index (κ1) is 11.4. The first-order valence-electron chi connectivity index (χ1n) is 5.05. The van der Waals surface area contributed by atoms with Crippen LogP contribution in [-0.2, 0) is 0 Å². The van der Waals surface area contributed by atoms with E-state index in [0.29, 0.717) is 5.82 Å². The number of pyridine rings is 1. The smallest absolute Gasteiger partial charge is 0.187 e. The molecule has 2 heterocycles. The van der Waals surface area contributed by atoms with Crippen molar-refractivity contribution in [3.8, 4) is 11.4 Å². The lowest BCUT2D eigenvalue weighted by atomic mass is 10.1. The van der Waals surface area contributed by atoms with Crippen LogP contribution >= 0.6 is 0 Å². The van der Waals surface area contributed by atoms with E-state index in [1.54, 1.807) is 19.3 Å². The van der Waals surface area contributed by atoms with Crippen LogP contribution in [-0.4, -0.2) is 15.0 Å². The first-order valence-corrected chi connectivity index (χ1v) is 5.05. The summed E-state index contributed by atoms with van der Waals surface area (Å²) in [6.45, 7) is 3.47. The van der Waals surface area contributed by atoms with Crippen LogP contribution in [0.5, 0.6) is 0 Å². The fourth-order valence-corrected chi connectivity index (χ4v) is 1.47. The van der Waals surface area contributed by atoms with Gasteiger partial charge in [0.05, 0.1) is 5.69 Å². The van der Waals surface area contributed by atoms with Gasteiger partial charge in [-0.15, -0.1) is 0 Å². The monoisotopic (exact) mass is 233 g/mol. The van der Waals surface area contributed by atoms with Crippen molar-refractivity contribution < 1.29 is 4.39 Å². The minimum absolute atomic E-state index is 0.0178. The van der Waals surface area contributed by atoms with Gasteiger partial charge in [0.2, 0.25) is 0 Å². The Morgan fingerprint density at radius 1 is 1.29 bits per heavy atom. The lowest BCUT2D eigenvalue weighted by molar-refractivity contribution is 0.606. The van der Waals surface area contributed by atoms with E-state index in [1.807, 2.05) is 13.0 Å². The number of aryl methyl sites for hydroxylation is 2. The molecule has 6 heteroatoms. The number of nitrogens with two attached hydrogens (primary N) is 1. The molecular formula is C11H12FN5. The highest BCUT2D eigenvalue weighted by Crippen LogP contribution is 2.22. The molecule has 0 spiro atoms. The van der Waals surface area contributed by atoms with Gasteiger partial charge in [-0.05, 0) is 25.5 Å². The van der Waals surface area contributed by atoms with Gasteiger partial charge in [0.1, 0.15) is 0 Å². The van der Waals surface area contributed by atoms with Crippen molar-refractivity contribution in [2.45, 2.75) is 13.8 Å². The first-order chi connectivity index (χ1) is 8.13. The van der Waals surface area contributed by atoms with Gasteiger partial charge < -0.3 is 5.43 Å². The van der Waals surface area contributed by atoms with Gasteiger partial charge >= 0.3 is 0 Å². The normalized spacial score (nSPS) is 10.4. The predicted molar refractivity (Wildman–Crippen MR) is 62.5 cm³/mol. The zero-order chi connectivity index (χ0) is 12.4. The molecule has 0 bridgehead atoms. The van der Waals surface area contributed by atoms with Gasteiger partial charge in [-0.1, -0.05) is 0 Å². The summed E-state index contributed by atoms with van der Waals surface area (Å²) in [6.07, 6.45) is 3.32. The van der Waals surface area contributed by atoms with Crippen LogP contribution in [0.2, 0.25) is 0 Å². The summed E-state index contributed by atoms with van der Waals surface area (Å²) in [5, 5.41) is 0. The predicted octanol–water partition coefficient (Wildman–Crippen LogP) is 1.58. The average Bonchev–Trinajstić information content (AvgIpc) is 2.33. The highest BCUT2D eigenvalue weighted by atomic mass is 19.1. The fraction of sp³-hybridized carbons (Fsp3) is 0.182. The summed E-state index contributed by atoms with van der Waals surface area (Å²) in [5.41, 5.74) is 4.18. The van der Waals surface area contributed by atoms with E-state index in [1.165, 1.54) is 0 Å². The largest absolute Gasteiger partial charge is 0.306 e. The summed E-state index contributed by atoms with van der Waals surface area (Å²) in [7, 11) is 0. The van der Waals surface area contributed by atoms with Crippen molar-refractivity contribution in [2.75, 3.05) is 5.43 Å². The van der Waals surface area contributed by atoms with E-state index in [9.17, 15) is 4.39 Å². The lowest BCUT2D eigenvalue weighted by Gasteiger charge is -2.08. The minimum atomic E-state index is -0.544. The molecule has 0 unspecified atom stereocenters. The Morgan fingerprint density at radius 3 is 2.71 bits per heavy atom. The van der Waals surface area contributed by atoms with Gasteiger partial charge in [0, 0.05) is 18.0 Å². The Labute approximate surface area is 97.9 Å². The number of hydrogen-bond acceptors (Lipinski definition) is 5. The van der Waals surface area contributed by atoms with Crippen molar-refractivity contribution in [3.05, 3.63) is 35.5 Å². The number of nitrogens with one attached hydrogen (secondary N) is 1. The van der Waals surface area contributed by atoms with Crippen LogP contribution in [0.25, 0.3) is 11.4 Å². The summed E-state index contributed by atoms with van der Waals surface area (Å²) >= 11 is 0. The third kappa shape index (κ3) is 2.07. The molecule has 0 fully saturated rings. The molecule has 0 saturated heterocycles. The quantitative estimate of drug-likeness (QED) is 0.608. The highest BCUT2D eigenvalue weighted by Gasteiger charge is 2.13. The summed E-state index contributed by atoms with van der Waals surface area (Å²) in [4.78, 5) is 12.1. The maximum Gasteiger partial charge on any atom is 0.187 e. The number of anilines is 1. The Balaban J connectivity index is 2.61. The second-order valence-electron chi connectivity index (χ2n) is 3.63. The minimum Gasteiger partial charge on any atom is -0.306 e. The van der Waals surface area contributed by atoms with E-state index in [2.05, 4.69) is 20.4 Å². The molecule has 0 saturated carbocycles. The van der Waals surface area contributed by atoms with Crippen LogP contribution < -0.4 is 11.3 Å². The molecule has 0 atom stereocenters. The number of hydrazine groups is 1. The third-order valence-electron chi connectivity index (χ3n) is 2.43. The van der Waals surface area contributed by atoms with Crippen molar-refractivity contribution in [1.82, 2.24) is 15.0 Å². The van der Waals surface area contributed by atoms with Crippen molar-refractivity contribution >= 4 is 5.82 Å². The molecule has 88 valence electrons. The number of aromatic nitrogens is 3. The van der Waals surface area contributed by atoms with Gasteiger partial charge in [0.15, 0.2) is 17.5 Å². The van der Waals surface area contributed by atoms with Crippen molar-refractivity contribution in [1.29, 1.82) is 0 Å². The zero-order valence-electron chi connectivity index (χ0n) is 9.53. The molecule has 0 radical (unpaired) electrons. The molecule has 0 aliphatic rings. The molecule has 2 rings (SSSR count). The van der Waals surface area contributed by atoms with Crippen molar-refractivity contribution in [2.24, 2.45) is 5.84 Å². The average molecular weight is 233 g/mol. The molecule has 0 aliphatic heterocycles. The summed E-state index contributed by atoms with van der Waals surface area (Å²) < 4.78 is 13.5. The van der Waals surface area contributed by atoms with Crippen LogP contribution in [0.1, 0.15) is 11.3 Å². The Kier molecular flexibility index (Phi) is 2.97. The molecule has 2 aromatic rings. The number of hydrogen-bond donors (Lipinski definition) is 2. The second kappa shape index (κ2) is 4.42. The molecule has 0 aromatic carbocycles. The molecule has 17 heavy (non-hydrogen) atoms. The van der Waals surface area contributed by atoms with Gasteiger partial charge in [-0.2, -0.15) is 0 Å². The van der Waals surface area contributed by atoms with Crippen LogP contribution in [0.15, 0.2) is 18.5 Å². The molecule has 3 N–H and O–H groups in total. The van der Waals surface area contributed by atoms with Gasteiger partial charge in [-0.25, -0.2) is 20.2 Å². The van der Waals surface area contributed by atoms with E-state index in [0.717, 1.165) is 11.1 Å². The lowest BCUT2D eigenvalue weighted by Crippen LogP contribution is -2.13. The number of nitrogen functional groups attached to an aromatic ring is 1. The van der Waals surface area contributed by atoms with Crippen LogP contribution in [0, 0.1) is 19.7 Å². The number of nitrogens with zero attached hydrogens (tertiary/aromatic N) is 3. The van der Waals surface area contributed by atoms with Gasteiger partial charge in [-0.3, -0.25) is 4.98 Å². The summed E-state index contributed by atoms with van der Waals surface area (Å²) in [5.74, 6) is 5.05. The Morgan fingerprint density at radius 2 is 2.06 bits per heavy atom. The van der Waals surface area contributed by atoms with E-state index in [4.69, 9.17) is 5.84 Å². The molecule has 5 nitrogen and oxygen atoms in total. The fourth-order valence-electron chi connectivity index (χ4n) is 1.47. The van der Waals surface area contributed by atoms with Gasteiger partial charge in [0.25, 0.3) is 0 Å². The van der Waals surface area contributed by atoms with E-state index < -0.39 is 5.82 Å². The van der Waals surface area contributed by atoms with E-state index in [-0.39, 0.29) is 11.5 Å². The zero-order valence-corrected chi connectivity index (χ0v) is 9.53. The molecule has 2 aromatic heterocycles. The topological polar surface area (TPSA) is 76.7 Å². The van der Waals surface area contributed by atoms with Crippen LogP contribution in [0.4, 0.5) is 10.2 Å². The van der Waals surface area contributed by atoms with Crippen molar-refractivity contribution in [3.63, 3.8) is 0 Å². The third-order valence-corrected chi connectivity index (χ3v) is 2.43. The second-order valence-corrected chi connectivity index (χ2v) is 3.63. The number of rotatable bonds is 2. The Bertz CT molecular complexity index is 556. The highest BCUT2D eigenvalue weighted by molar-refractivity contribution is 5.60. The SMILES string of the molecule is Cc1ccncc1-c1nc(C)c(F)c(NN)n1.